The summed E-state index contributed by atoms with van der Waals surface area (Å²) in [5, 5.41) is 0. The fourth-order valence-corrected chi connectivity index (χ4v) is 5.18. The fraction of sp³-hybridized carbons (Fsp3) is 0.423. The molecule has 2 aromatic rings. The first-order chi connectivity index (χ1) is 15.8. The van der Waals surface area contributed by atoms with Crippen molar-refractivity contribution in [2.75, 3.05) is 13.7 Å². The lowest BCUT2D eigenvalue weighted by molar-refractivity contribution is -0.184. The Labute approximate surface area is 194 Å². The quantitative estimate of drug-likeness (QED) is 0.233. The van der Waals surface area contributed by atoms with Crippen molar-refractivity contribution in [1.29, 1.82) is 0 Å². The van der Waals surface area contributed by atoms with Gasteiger partial charge in [-0.3, -0.25) is 14.4 Å². The van der Waals surface area contributed by atoms with Crippen LogP contribution in [-0.2, 0) is 23.9 Å². The van der Waals surface area contributed by atoms with Crippen molar-refractivity contribution in [2.24, 2.45) is 16.9 Å². The summed E-state index contributed by atoms with van der Waals surface area (Å²) in [7, 11) is 1.23. The van der Waals surface area contributed by atoms with E-state index < -0.39 is 34.7 Å². The predicted octanol–water partition coefficient (Wildman–Crippen LogP) is 2.94. The molecule has 176 valence electrons. The molecule has 1 aliphatic carbocycles. The molecule has 0 saturated carbocycles. The van der Waals surface area contributed by atoms with Crippen LogP contribution in [0.5, 0.6) is 0 Å². The van der Waals surface area contributed by atoms with Crippen LogP contribution in [0.25, 0.3) is 11.1 Å². The smallest absolute Gasteiger partial charge is 0.324 e. The molecule has 0 spiro atoms. The van der Waals surface area contributed by atoms with Crippen LogP contribution in [-0.4, -0.2) is 43.5 Å². The third-order valence-electron chi connectivity index (χ3n) is 6.76. The van der Waals surface area contributed by atoms with E-state index in [9.17, 15) is 14.4 Å². The second-order valence-electron chi connectivity index (χ2n) is 8.89. The summed E-state index contributed by atoms with van der Waals surface area (Å²) in [5.74, 6) is -2.06. The normalized spacial score (nSPS) is 15.7. The Morgan fingerprint density at radius 1 is 1.03 bits per heavy atom. The third-order valence-corrected chi connectivity index (χ3v) is 6.76. The van der Waals surface area contributed by atoms with Gasteiger partial charge in [0, 0.05) is 5.92 Å². The first-order valence-corrected chi connectivity index (χ1v) is 11.2. The van der Waals surface area contributed by atoms with Crippen LogP contribution in [0.4, 0.5) is 0 Å². The van der Waals surface area contributed by atoms with Gasteiger partial charge < -0.3 is 20.9 Å². The number of nitrogens with two attached hydrogens (primary N) is 2. The highest BCUT2D eigenvalue weighted by molar-refractivity contribution is 6.10. The molecule has 0 radical (unpaired) electrons. The van der Waals surface area contributed by atoms with E-state index in [-0.39, 0.29) is 6.47 Å². The number of carbonyl (C=O) groups is 3. The minimum absolute atomic E-state index is 0.262. The molecular weight excluding hydrogens is 420 g/mol. The number of hydrogen-bond donors (Lipinski definition) is 2. The number of benzene rings is 2. The SMILES string of the molecule is COC(=O)C(C(=O)[C@@H](N)CCCCN)(C1c2ccccc2-c2ccccc21)C(C)(C)OC=O. The van der Waals surface area contributed by atoms with Crippen molar-refractivity contribution in [3.05, 3.63) is 59.7 Å². The highest BCUT2D eigenvalue weighted by atomic mass is 16.6. The van der Waals surface area contributed by atoms with Gasteiger partial charge >= 0.3 is 5.97 Å². The zero-order valence-electron chi connectivity index (χ0n) is 19.4. The molecule has 3 rings (SSSR count). The fourth-order valence-electron chi connectivity index (χ4n) is 5.18. The lowest BCUT2D eigenvalue weighted by Gasteiger charge is -2.46. The molecule has 0 amide bonds. The molecule has 1 aliphatic rings. The number of ketones is 1. The van der Waals surface area contributed by atoms with Crippen molar-refractivity contribution < 1.29 is 23.9 Å². The van der Waals surface area contributed by atoms with Gasteiger partial charge in [0.15, 0.2) is 11.2 Å². The number of fused-ring (bicyclic) bond motifs is 3. The summed E-state index contributed by atoms with van der Waals surface area (Å²) in [5.41, 5.74) is 11.9. The molecule has 1 unspecified atom stereocenters. The molecule has 0 aliphatic heterocycles. The van der Waals surface area contributed by atoms with Gasteiger partial charge in [-0.1, -0.05) is 55.0 Å². The van der Waals surface area contributed by atoms with Crippen molar-refractivity contribution in [3.8, 4) is 11.1 Å². The Morgan fingerprint density at radius 2 is 1.58 bits per heavy atom. The van der Waals surface area contributed by atoms with E-state index in [1.54, 1.807) is 13.8 Å². The minimum atomic E-state index is -1.91. The summed E-state index contributed by atoms with van der Waals surface area (Å²) in [6.07, 6.45) is 1.69. The first-order valence-electron chi connectivity index (χ1n) is 11.2. The van der Waals surface area contributed by atoms with E-state index in [1.807, 2.05) is 48.5 Å². The molecule has 2 atom stereocenters. The maximum Gasteiger partial charge on any atom is 0.324 e. The van der Waals surface area contributed by atoms with Crippen molar-refractivity contribution in [1.82, 2.24) is 0 Å². The number of unbranched alkanes of at least 4 members (excludes halogenated alkanes) is 1. The third kappa shape index (κ3) is 3.96. The Balaban J connectivity index is 2.32. The molecule has 7 nitrogen and oxygen atoms in total. The van der Waals surface area contributed by atoms with E-state index in [0.29, 0.717) is 25.8 Å². The van der Waals surface area contributed by atoms with Gasteiger partial charge in [0.1, 0.15) is 5.60 Å². The van der Waals surface area contributed by atoms with Crippen LogP contribution in [0.2, 0.25) is 0 Å². The number of esters is 1. The standard InChI is InChI=1S/C26H32N2O5/c1-25(2,33-16-29)26(24(31)32-3,23(30)21(28)14-8-9-15-27)22-19-12-6-4-10-17(19)18-11-5-7-13-20(18)22/h4-7,10-13,16,21-22H,8-9,14-15,27-28H2,1-3H3/t21-,26?/m0/s1. The Morgan fingerprint density at radius 3 is 2.06 bits per heavy atom. The van der Waals surface area contributed by atoms with Gasteiger partial charge in [-0.05, 0) is 55.5 Å². The Hall–Kier alpha value is -3.03. The zero-order valence-corrected chi connectivity index (χ0v) is 19.4. The van der Waals surface area contributed by atoms with Gasteiger partial charge in [0.05, 0.1) is 13.2 Å². The van der Waals surface area contributed by atoms with Gasteiger partial charge in [-0.15, -0.1) is 0 Å². The lowest BCUT2D eigenvalue weighted by atomic mass is 9.58. The molecule has 0 fully saturated rings. The van der Waals surface area contributed by atoms with Gasteiger partial charge in [0.2, 0.25) is 0 Å². The van der Waals surface area contributed by atoms with Crippen molar-refractivity contribution in [2.45, 2.75) is 50.7 Å². The lowest BCUT2D eigenvalue weighted by Crippen LogP contribution is -2.63. The number of Topliss-reactive ketones (excluding diaryl/α,β-unsaturated/α-hetero) is 1. The highest BCUT2D eigenvalue weighted by Gasteiger charge is 2.67. The second kappa shape index (κ2) is 9.85. The van der Waals surface area contributed by atoms with Crippen LogP contribution < -0.4 is 11.5 Å². The Kier molecular flexibility index (Phi) is 7.34. The molecular formula is C26H32N2O5. The topological polar surface area (TPSA) is 122 Å². The van der Waals surface area contributed by atoms with E-state index in [0.717, 1.165) is 22.3 Å². The average Bonchev–Trinajstić information content (AvgIpc) is 3.14. The van der Waals surface area contributed by atoms with Crippen LogP contribution in [0.3, 0.4) is 0 Å². The maximum atomic E-state index is 14.2. The average molecular weight is 453 g/mol. The predicted molar refractivity (Wildman–Crippen MR) is 125 cm³/mol. The second-order valence-corrected chi connectivity index (χ2v) is 8.89. The molecule has 33 heavy (non-hydrogen) atoms. The Bertz CT molecular complexity index is 989. The van der Waals surface area contributed by atoms with Crippen LogP contribution in [0.15, 0.2) is 48.5 Å². The summed E-state index contributed by atoms with van der Waals surface area (Å²) in [4.78, 5) is 39.5. The van der Waals surface area contributed by atoms with Crippen LogP contribution in [0, 0.1) is 5.41 Å². The number of ether oxygens (including phenoxy) is 2. The summed E-state index contributed by atoms with van der Waals surface area (Å²) in [6.45, 7) is 3.86. The molecule has 0 bridgehead atoms. The summed E-state index contributed by atoms with van der Waals surface area (Å²) in [6, 6.07) is 14.3. The molecule has 4 N–H and O–H groups in total. The van der Waals surface area contributed by atoms with E-state index >= 15 is 0 Å². The van der Waals surface area contributed by atoms with Crippen molar-refractivity contribution in [3.63, 3.8) is 0 Å². The number of methoxy groups -OCH3 is 1. The minimum Gasteiger partial charge on any atom is -0.468 e. The highest BCUT2D eigenvalue weighted by Crippen LogP contribution is 2.58. The van der Waals surface area contributed by atoms with Gasteiger partial charge in [-0.25, -0.2) is 0 Å². The summed E-state index contributed by atoms with van der Waals surface area (Å²) < 4.78 is 10.7. The molecule has 0 heterocycles. The van der Waals surface area contributed by atoms with E-state index in [2.05, 4.69) is 0 Å². The number of hydrogen-bond acceptors (Lipinski definition) is 7. The maximum absolute atomic E-state index is 14.2. The largest absolute Gasteiger partial charge is 0.468 e. The molecule has 2 aromatic carbocycles. The van der Waals surface area contributed by atoms with Crippen molar-refractivity contribution >= 4 is 18.2 Å². The van der Waals surface area contributed by atoms with Gasteiger partial charge in [0.25, 0.3) is 6.47 Å². The zero-order chi connectivity index (χ0) is 24.2. The number of rotatable bonds is 11. The molecule has 0 aromatic heterocycles. The molecule has 7 heteroatoms. The van der Waals surface area contributed by atoms with Crippen LogP contribution >= 0.6 is 0 Å². The number of carbonyl (C=O) groups excluding carboxylic acids is 3. The van der Waals surface area contributed by atoms with E-state index in [4.69, 9.17) is 20.9 Å². The van der Waals surface area contributed by atoms with E-state index in [1.165, 1.54) is 7.11 Å². The monoisotopic (exact) mass is 452 g/mol. The van der Waals surface area contributed by atoms with Crippen LogP contribution in [0.1, 0.15) is 50.2 Å². The summed E-state index contributed by atoms with van der Waals surface area (Å²) >= 11 is 0. The molecule has 0 saturated heterocycles. The first kappa shape index (κ1) is 24.6. The van der Waals surface area contributed by atoms with Gasteiger partial charge in [-0.2, -0.15) is 0 Å².